The van der Waals surface area contributed by atoms with E-state index < -0.39 is 6.67 Å². The van der Waals surface area contributed by atoms with E-state index in [4.69, 9.17) is 5.73 Å². The molecule has 0 aliphatic rings. The van der Waals surface area contributed by atoms with Gasteiger partial charge >= 0.3 is 0 Å². The minimum atomic E-state index is -0.430. The molecule has 0 radical (unpaired) electrons. The highest BCUT2D eigenvalue weighted by Crippen LogP contribution is 2.25. The van der Waals surface area contributed by atoms with E-state index in [2.05, 4.69) is 0 Å². The number of nitrogens with two attached hydrogens (primary N) is 1. The van der Waals surface area contributed by atoms with Crippen molar-refractivity contribution in [2.75, 3.05) is 18.2 Å². The highest BCUT2D eigenvalue weighted by Gasteiger charge is 2.00. The lowest BCUT2D eigenvalue weighted by atomic mass is 10.3. The first-order chi connectivity index (χ1) is 5.74. The lowest BCUT2D eigenvalue weighted by Crippen LogP contribution is -1.90. The maximum absolute atomic E-state index is 12.6. The normalized spacial score (nSPS) is 10.2. The summed E-state index contributed by atoms with van der Waals surface area (Å²) in [6, 6.07) is 4.08. The van der Waals surface area contributed by atoms with E-state index in [9.17, 15) is 8.78 Å². The van der Waals surface area contributed by atoms with E-state index in [0.717, 1.165) is 0 Å². The Hall–Kier alpha value is -0.770. The molecule has 0 unspecified atom stereocenters. The number of alkyl halides is 1. The highest BCUT2D eigenvalue weighted by molar-refractivity contribution is 7.99. The average molecular weight is 189 g/mol. The molecule has 66 valence electrons. The van der Waals surface area contributed by atoms with Crippen LogP contribution >= 0.6 is 11.8 Å². The van der Waals surface area contributed by atoms with Crippen LogP contribution in [0.4, 0.5) is 14.5 Å². The third kappa shape index (κ3) is 2.37. The number of benzene rings is 1. The van der Waals surface area contributed by atoms with Crippen LogP contribution in [0.15, 0.2) is 23.1 Å². The Morgan fingerprint density at radius 1 is 1.42 bits per heavy atom. The van der Waals surface area contributed by atoms with Crippen LogP contribution in [0.25, 0.3) is 0 Å². The predicted molar refractivity (Wildman–Crippen MR) is 47.5 cm³/mol. The van der Waals surface area contributed by atoms with Crippen molar-refractivity contribution in [3.05, 3.63) is 24.0 Å². The maximum Gasteiger partial charge on any atom is 0.124 e. The van der Waals surface area contributed by atoms with Gasteiger partial charge in [0.25, 0.3) is 0 Å². The van der Waals surface area contributed by atoms with Crippen LogP contribution < -0.4 is 5.73 Å². The third-order valence-corrected chi connectivity index (χ3v) is 2.33. The van der Waals surface area contributed by atoms with Gasteiger partial charge in [0.2, 0.25) is 0 Å². The average Bonchev–Trinajstić information content (AvgIpc) is 2.07. The zero-order valence-corrected chi connectivity index (χ0v) is 7.20. The van der Waals surface area contributed by atoms with Gasteiger partial charge in [-0.15, -0.1) is 11.8 Å². The van der Waals surface area contributed by atoms with Crippen molar-refractivity contribution in [3.63, 3.8) is 0 Å². The second-order valence-corrected chi connectivity index (χ2v) is 3.36. The monoisotopic (exact) mass is 189 g/mol. The minimum Gasteiger partial charge on any atom is -0.398 e. The largest absolute Gasteiger partial charge is 0.398 e. The molecule has 1 rings (SSSR count). The number of rotatable bonds is 3. The van der Waals surface area contributed by atoms with Gasteiger partial charge in [-0.1, -0.05) is 0 Å². The molecule has 0 spiro atoms. The number of hydrogen-bond acceptors (Lipinski definition) is 2. The standard InChI is InChI=1S/C8H9F2NS/c9-3-4-12-8-5-6(10)1-2-7(8)11/h1-2,5H,3-4,11H2. The number of anilines is 1. The van der Waals surface area contributed by atoms with Crippen molar-refractivity contribution in [3.8, 4) is 0 Å². The van der Waals surface area contributed by atoms with Crippen molar-refractivity contribution in [1.29, 1.82) is 0 Å². The first kappa shape index (κ1) is 9.32. The molecule has 1 aromatic carbocycles. The predicted octanol–water partition coefficient (Wildman–Crippen LogP) is 2.47. The van der Waals surface area contributed by atoms with E-state index in [1.165, 1.54) is 30.0 Å². The second-order valence-electron chi connectivity index (χ2n) is 2.22. The lowest BCUT2D eigenvalue weighted by Gasteiger charge is -2.02. The van der Waals surface area contributed by atoms with Crippen LogP contribution in [0.1, 0.15) is 0 Å². The lowest BCUT2D eigenvalue weighted by molar-refractivity contribution is 0.533. The van der Waals surface area contributed by atoms with Gasteiger partial charge in [0.05, 0.1) is 6.67 Å². The number of thioether (sulfide) groups is 1. The van der Waals surface area contributed by atoms with E-state index >= 15 is 0 Å². The van der Waals surface area contributed by atoms with Gasteiger partial charge in [0.1, 0.15) is 5.82 Å². The van der Waals surface area contributed by atoms with Crippen LogP contribution in [-0.4, -0.2) is 12.4 Å². The molecular weight excluding hydrogens is 180 g/mol. The summed E-state index contributed by atoms with van der Waals surface area (Å²) in [5, 5.41) is 0. The fourth-order valence-corrected chi connectivity index (χ4v) is 1.51. The topological polar surface area (TPSA) is 26.0 Å². The summed E-state index contributed by atoms with van der Waals surface area (Å²) in [6.07, 6.45) is 0. The van der Waals surface area contributed by atoms with Crippen LogP contribution in [0.2, 0.25) is 0 Å². The molecule has 0 aliphatic heterocycles. The van der Waals surface area contributed by atoms with Crippen molar-refractivity contribution in [2.45, 2.75) is 4.90 Å². The van der Waals surface area contributed by atoms with Gasteiger partial charge in [0, 0.05) is 16.3 Å². The number of nitrogen functional groups attached to an aromatic ring is 1. The van der Waals surface area contributed by atoms with Crippen molar-refractivity contribution < 1.29 is 8.78 Å². The van der Waals surface area contributed by atoms with Gasteiger partial charge in [-0.25, -0.2) is 4.39 Å². The van der Waals surface area contributed by atoms with E-state index in [0.29, 0.717) is 16.3 Å². The van der Waals surface area contributed by atoms with Crippen LogP contribution in [-0.2, 0) is 0 Å². The molecule has 1 nitrogen and oxygen atoms in total. The molecule has 0 aliphatic carbocycles. The molecule has 1 aromatic rings. The van der Waals surface area contributed by atoms with Gasteiger partial charge < -0.3 is 5.73 Å². The first-order valence-corrected chi connectivity index (χ1v) is 4.46. The molecule has 0 aromatic heterocycles. The summed E-state index contributed by atoms with van der Waals surface area (Å²) in [4.78, 5) is 0.604. The molecule has 12 heavy (non-hydrogen) atoms. The second kappa shape index (κ2) is 4.30. The summed E-state index contributed by atoms with van der Waals surface area (Å²) in [7, 11) is 0. The summed E-state index contributed by atoms with van der Waals surface area (Å²) in [5.74, 6) is -0.0289. The van der Waals surface area contributed by atoms with Gasteiger partial charge in [-0.05, 0) is 18.2 Å². The van der Waals surface area contributed by atoms with Crippen LogP contribution in [0.5, 0.6) is 0 Å². The Labute approximate surface area is 74.0 Å². The molecular formula is C8H9F2NS. The van der Waals surface area contributed by atoms with Gasteiger partial charge in [0.15, 0.2) is 0 Å². The molecule has 0 saturated heterocycles. The smallest absolute Gasteiger partial charge is 0.124 e. The molecule has 4 heteroatoms. The zero-order chi connectivity index (χ0) is 8.97. The molecule has 2 N–H and O–H groups in total. The first-order valence-electron chi connectivity index (χ1n) is 3.48. The Kier molecular flexibility index (Phi) is 3.34. The van der Waals surface area contributed by atoms with Gasteiger partial charge in [-0.3, -0.25) is 4.39 Å². The Balaban J connectivity index is 2.75. The quantitative estimate of drug-likeness (QED) is 0.584. The Morgan fingerprint density at radius 2 is 2.17 bits per heavy atom. The zero-order valence-electron chi connectivity index (χ0n) is 6.39. The minimum absolute atomic E-state index is 0.313. The molecule has 0 amide bonds. The van der Waals surface area contributed by atoms with E-state index in [1.54, 1.807) is 0 Å². The number of halogens is 2. The fourth-order valence-electron chi connectivity index (χ4n) is 0.782. The summed E-state index contributed by atoms with van der Waals surface area (Å²) in [6.45, 7) is -0.430. The third-order valence-electron chi connectivity index (χ3n) is 1.31. The molecule has 0 saturated carbocycles. The molecule has 0 fully saturated rings. The van der Waals surface area contributed by atoms with Crippen LogP contribution in [0, 0.1) is 5.82 Å². The SMILES string of the molecule is Nc1ccc(F)cc1SCCF. The summed E-state index contributed by atoms with van der Waals surface area (Å²) >= 11 is 1.22. The van der Waals surface area contributed by atoms with E-state index in [-0.39, 0.29) is 5.82 Å². The summed E-state index contributed by atoms with van der Waals surface area (Å²) in [5.41, 5.74) is 6.02. The molecule has 0 bridgehead atoms. The van der Waals surface area contributed by atoms with Crippen molar-refractivity contribution >= 4 is 17.4 Å². The summed E-state index contributed by atoms with van der Waals surface area (Å²) < 4.78 is 24.4. The molecule has 0 heterocycles. The highest BCUT2D eigenvalue weighted by atomic mass is 32.2. The molecule has 0 atom stereocenters. The van der Waals surface area contributed by atoms with Crippen molar-refractivity contribution in [1.82, 2.24) is 0 Å². The van der Waals surface area contributed by atoms with Gasteiger partial charge in [-0.2, -0.15) is 0 Å². The maximum atomic E-state index is 12.6. The van der Waals surface area contributed by atoms with E-state index in [1.807, 2.05) is 0 Å². The fraction of sp³-hybridized carbons (Fsp3) is 0.250. The Bertz CT molecular complexity index is 265. The number of hydrogen-bond donors (Lipinski definition) is 1. The van der Waals surface area contributed by atoms with Crippen LogP contribution in [0.3, 0.4) is 0 Å². The Morgan fingerprint density at radius 3 is 2.83 bits per heavy atom. The van der Waals surface area contributed by atoms with Crippen molar-refractivity contribution in [2.24, 2.45) is 0 Å².